The number of hydrogen-bond donors (Lipinski definition) is 3. The number of aromatic amines is 1. The van der Waals surface area contributed by atoms with E-state index < -0.39 is 0 Å². The largest absolute Gasteiger partial charge is 0.348 e. The molecule has 1 saturated heterocycles. The molecule has 6 heteroatoms. The van der Waals surface area contributed by atoms with Gasteiger partial charge in [0.15, 0.2) is 0 Å². The van der Waals surface area contributed by atoms with E-state index in [1.54, 1.807) is 0 Å². The third-order valence-corrected chi connectivity index (χ3v) is 3.85. The molecule has 18 heavy (non-hydrogen) atoms. The van der Waals surface area contributed by atoms with Gasteiger partial charge in [-0.25, -0.2) is 0 Å². The van der Waals surface area contributed by atoms with Crippen LogP contribution >= 0.6 is 15.9 Å². The lowest BCUT2D eigenvalue weighted by atomic mass is 9.94. The molecule has 2 atom stereocenters. The van der Waals surface area contributed by atoms with Crippen LogP contribution < -0.4 is 16.2 Å². The molecular weight excluding hydrogens is 298 g/mol. The van der Waals surface area contributed by atoms with Crippen molar-refractivity contribution in [2.75, 3.05) is 13.1 Å². The maximum atomic E-state index is 12.0. The van der Waals surface area contributed by atoms with Crippen LogP contribution in [0.25, 0.3) is 0 Å². The van der Waals surface area contributed by atoms with E-state index >= 15 is 0 Å². The molecule has 1 aromatic rings. The van der Waals surface area contributed by atoms with Gasteiger partial charge in [-0.05, 0) is 40.9 Å². The Morgan fingerprint density at radius 2 is 2.33 bits per heavy atom. The Labute approximate surface area is 113 Å². The molecular formula is C12H16BrN3O2. The maximum Gasteiger partial charge on any atom is 0.262 e. The molecule has 0 radical (unpaired) electrons. The van der Waals surface area contributed by atoms with E-state index in [0.717, 1.165) is 19.5 Å². The summed E-state index contributed by atoms with van der Waals surface area (Å²) in [4.78, 5) is 25.8. The highest BCUT2D eigenvalue weighted by Crippen LogP contribution is 2.12. The summed E-state index contributed by atoms with van der Waals surface area (Å²) in [6, 6.07) is 1.67. The fourth-order valence-electron chi connectivity index (χ4n) is 2.02. The van der Waals surface area contributed by atoms with Crippen LogP contribution in [0.2, 0.25) is 0 Å². The molecule has 1 aromatic heterocycles. The number of carbonyl (C=O) groups is 1. The fourth-order valence-corrected chi connectivity index (χ4v) is 2.38. The zero-order valence-corrected chi connectivity index (χ0v) is 11.7. The zero-order chi connectivity index (χ0) is 13.1. The smallest absolute Gasteiger partial charge is 0.262 e. The SMILES string of the molecule is CC1CCNCC1NC(=O)c1c[nH]c(=O)c(Br)c1. The minimum atomic E-state index is -0.237. The van der Waals surface area contributed by atoms with Crippen molar-refractivity contribution in [3.63, 3.8) is 0 Å². The second-order valence-electron chi connectivity index (χ2n) is 4.62. The highest BCUT2D eigenvalue weighted by molar-refractivity contribution is 9.10. The highest BCUT2D eigenvalue weighted by atomic mass is 79.9. The third-order valence-electron chi connectivity index (χ3n) is 3.26. The molecule has 3 N–H and O–H groups in total. The van der Waals surface area contributed by atoms with Crippen LogP contribution in [0.3, 0.4) is 0 Å². The molecule has 1 aliphatic rings. The predicted octanol–water partition coefficient (Wildman–Crippen LogP) is 0.865. The predicted molar refractivity (Wildman–Crippen MR) is 72.7 cm³/mol. The fraction of sp³-hybridized carbons (Fsp3) is 0.500. The zero-order valence-electron chi connectivity index (χ0n) is 10.1. The number of rotatable bonds is 2. The first kappa shape index (κ1) is 13.3. The monoisotopic (exact) mass is 313 g/mol. The van der Waals surface area contributed by atoms with Gasteiger partial charge in [-0.1, -0.05) is 6.92 Å². The molecule has 98 valence electrons. The van der Waals surface area contributed by atoms with Gasteiger partial charge in [0, 0.05) is 18.8 Å². The van der Waals surface area contributed by atoms with Gasteiger partial charge in [0.25, 0.3) is 11.5 Å². The van der Waals surface area contributed by atoms with Crippen molar-refractivity contribution in [2.45, 2.75) is 19.4 Å². The first-order valence-electron chi connectivity index (χ1n) is 5.97. The van der Waals surface area contributed by atoms with Crippen LogP contribution in [0.5, 0.6) is 0 Å². The van der Waals surface area contributed by atoms with E-state index in [1.807, 2.05) is 0 Å². The van der Waals surface area contributed by atoms with Crippen molar-refractivity contribution >= 4 is 21.8 Å². The molecule has 0 bridgehead atoms. The van der Waals surface area contributed by atoms with Gasteiger partial charge in [0.1, 0.15) is 0 Å². The molecule has 0 spiro atoms. The second kappa shape index (κ2) is 5.67. The van der Waals surface area contributed by atoms with Gasteiger partial charge in [0.05, 0.1) is 10.0 Å². The number of halogens is 1. The molecule has 2 heterocycles. The van der Waals surface area contributed by atoms with Gasteiger partial charge in [0.2, 0.25) is 0 Å². The van der Waals surface area contributed by atoms with Gasteiger partial charge >= 0.3 is 0 Å². The Morgan fingerprint density at radius 3 is 3.00 bits per heavy atom. The van der Waals surface area contributed by atoms with Gasteiger partial charge in [-0.2, -0.15) is 0 Å². The van der Waals surface area contributed by atoms with E-state index in [4.69, 9.17) is 0 Å². The van der Waals surface area contributed by atoms with Gasteiger partial charge in [-0.3, -0.25) is 9.59 Å². The number of piperidine rings is 1. The molecule has 1 fully saturated rings. The highest BCUT2D eigenvalue weighted by Gasteiger charge is 2.23. The number of aromatic nitrogens is 1. The summed E-state index contributed by atoms with van der Waals surface area (Å²) in [6.45, 7) is 3.92. The summed E-state index contributed by atoms with van der Waals surface area (Å²) < 4.78 is 0.366. The molecule has 2 rings (SSSR count). The summed E-state index contributed by atoms with van der Waals surface area (Å²) in [7, 11) is 0. The van der Waals surface area contributed by atoms with Crippen molar-refractivity contribution in [1.29, 1.82) is 0 Å². The summed E-state index contributed by atoms with van der Waals surface area (Å²) in [5.41, 5.74) is 0.221. The molecule has 1 aliphatic heterocycles. The number of carbonyl (C=O) groups excluding carboxylic acids is 1. The molecule has 2 unspecified atom stereocenters. The first-order valence-corrected chi connectivity index (χ1v) is 6.77. The van der Waals surface area contributed by atoms with Crippen LogP contribution in [0, 0.1) is 5.92 Å². The van der Waals surface area contributed by atoms with Gasteiger partial charge in [-0.15, -0.1) is 0 Å². The Hall–Kier alpha value is -1.14. The standard InChI is InChI=1S/C12H16BrN3O2/c1-7-2-3-14-6-10(7)16-11(17)8-4-9(13)12(18)15-5-8/h4-5,7,10,14H,2-3,6H2,1H3,(H,15,18)(H,16,17). The molecule has 5 nitrogen and oxygen atoms in total. The summed E-state index contributed by atoms with van der Waals surface area (Å²) in [5.74, 6) is 0.300. The number of H-pyrrole nitrogens is 1. The summed E-state index contributed by atoms with van der Waals surface area (Å²) in [6.07, 6.45) is 2.49. The van der Waals surface area contributed by atoms with E-state index in [0.29, 0.717) is 16.0 Å². The quantitative estimate of drug-likeness (QED) is 0.758. The lowest BCUT2D eigenvalue weighted by Gasteiger charge is -2.30. The molecule has 0 aromatic carbocycles. The Kier molecular flexibility index (Phi) is 4.19. The molecule has 1 amide bonds. The topological polar surface area (TPSA) is 74.0 Å². The number of nitrogens with one attached hydrogen (secondary N) is 3. The molecule has 0 aliphatic carbocycles. The molecule has 0 saturated carbocycles. The van der Waals surface area contributed by atoms with Crippen molar-refractivity contribution in [1.82, 2.24) is 15.6 Å². The minimum Gasteiger partial charge on any atom is -0.348 e. The number of hydrogen-bond acceptors (Lipinski definition) is 3. The average Bonchev–Trinajstić information content (AvgIpc) is 2.35. The van der Waals surface area contributed by atoms with E-state index in [9.17, 15) is 9.59 Å². The number of pyridine rings is 1. The lowest BCUT2D eigenvalue weighted by Crippen LogP contribution is -2.50. The van der Waals surface area contributed by atoms with Crippen LogP contribution in [-0.4, -0.2) is 30.0 Å². The minimum absolute atomic E-state index is 0.136. The van der Waals surface area contributed by atoms with Crippen LogP contribution in [0.1, 0.15) is 23.7 Å². The van der Waals surface area contributed by atoms with Crippen LogP contribution in [0.15, 0.2) is 21.5 Å². The van der Waals surface area contributed by atoms with Crippen molar-refractivity contribution < 1.29 is 4.79 Å². The van der Waals surface area contributed by atoms with Crippen LogP contribution in [0.4, 0.5) is 0 Å². The van der Waals surface area contributed by atoms with Crippen LogP contribution in [-0.2, 0) is 0 Å². The maximum absolute atomic E-state index is 12.0. The van der Waals surface area contributed by atoms with Crippen molar-refractivity contribution in [3.8, 4) is 0 Å². The average molecular weight is 314 g/mol. The Balaban J connectivity index is 2.07. The van der Waals surface area contributed by atoms with E-state index in [1.165, 1.54) is 12.3 Å². The van der Waals surface area contributed by atoms with Crippen molar-refractivity contribution in [2.24, 2.45) is 5.92 Å². The normalized spacial score (nSPS) is 23.7. The van der Waals surface area contributed by atoms with Crippen molar-refractivity contribution in [3.05, 3.63) is 32.7 Å². The first-order chi connectivity index (χ1) is 8.58. The Bertz CT molecular complexity index is 500. The second-order valence-corrected chi connectivity index (χ2v) is 5.47. The summed E-state index contributed by atoms with van der Waals surface area (Å²) in [5, 5.41) is 6.25. The van der Waals surface area contributed by atoms with Gasteiger partial charge < -0.3 is 15.6 Å². The van der Waals surface area contributed by atoms with E-state index in [-0.39, 0.29) is 17.5 Å². The van der Waals surface area contributed by atoms with E-state index in [2.05, 4.69) is 38.5 Å². The third kappa shape index (κ3) is 3.00. The lowest BCUT2D eigenvalue weighted by molar-refractivity contribution is 0.0915. The number of amides is 1. The summed E-state index contributed by atoms with van der Waals surface area (Å²) >= 11 is 3.12. The Morgan fingerprint density at radius 1 is 1.56 bits per heavy atom.